The Morgan fingerprint density at radius 3 is 2.12 bits per heavy atom. The smallest absolute Gasteiger partial charge is 0.404 e. The summed E-state index contributed by atoms with van der Waals surface area (Å²) in [5.74, 6) is -1.25. The summed E-state index contributed by atoms with van der Waals surface area (Å²) in [4.78, 5) is 12.3. The molecule has 2 rings (SSSR count). The van der Waals surface area contributed by atoms with Gasteiger partial charge in [0.15, 0.2) is 5.41 Å². The summed E-state index contributed by atoms with van der Waals surface area (Å²) in [6, 6.07) is 13.1. The molecule has 0 radical (unpaired) electrons. The highest BCUT2D eigenvalue weighted by Crippen LogP contribution is 2.43. The molecule has 0 aliphatic heterocycles. The molecule has 0 spiro atoms. The Morgan fingerprint density at radius 2 is 1.58 bits per heavy atom. The van der Waals surface area contributed by atoms with Gasteiger partial charge in [-0.05, 0) is 49.6 Å². The highest BCUT2D eigenvalue weighted by molar-refractivity contribution is 5.83. The van der Waals surface area contributed by atoms with Gasteiger partial charge < -0.3 is 4.74 Å². The first-order valence-corrected chi connectivity index (χ1v) is 7.81. The van der Waals surface area contributed by atoms with E-state index < -0.39 is 23.2 Å². The lowest BCUT2D eigenvalue weighted by atomic mass is 9.86. The van der Waals surface area contributed by atoms with E-state index in [1.807, 2.05) is 36.4 Å². The highest BCUT2D eigenvalue weighted by Gasteiger charge is 2.57. The molecule has 0 aliphatic rings. The van der Waals surface area contributed by atoms with Crippen molar-refractivity contribution in [3.8, 4) is 0 Å². The predicted molar refractivity (Wildman–Crippen MR) is 87.5 cm³/mol. The standard InChI is InChI=1S/C19H21F3O2/c1-5-18(4,19(20,21)22)16(23)24-17(2,3)15-11-10-13-8-6-7-9-14(13)12-15/h6-12H,5H2,1-4H3. The van der Waals surface area contributed by atoms with E-state index in [0.717, 1.165) is 17.7 Å². The van der Waals surface area contributed by atoms with Gasteiger partial charge in [-0.1, -0.05) is 43.3 Å². The van der Waals surface area contributed by atoms with Crippen LogP contribution in [0.5, 0.6) is 0 Å². The summed E-state index contributed by atoms with van der Waals surface area (Å²) in [6.07, 6.45) is -5.03. The molecule has 24 heavy (non-hydrogen) atoms. The van der Waals surface area contributed by atoms with Crippen LogP contribution in [0, 0.1) is 5.41 Å². The topological polar surface area (TPSA) is 26.3 Å². The Labute approximate surface area is 139 Å². The number of esters is 1. The van der Waals surface area contributed by atoms with Crippen LogP contribution in [0.1, 0.15) is 39.7 Å². The van der Waals surface area contributed by atoms with Crippen molar-refractivity contribution in [3.63, 3.8) is 0 Å². The molecule has 2 nitrogen and oxygen atoms in total. The first kappa shape index (κ1) is 18.3. The zero-order valence-corrected chi connectivity index (χ0v) is 14.2. The van der Waals surface area contributed by atoms with Gasteiger partial charge in [0.25, 0.3) is 0 Å². The summed E-state index contributed by atoms with van der Waals surface area (Å²) >= 11 is 0. The first-order chi connectivity index (χ1) is 11.0. The number of rotatable bonds is 4. The summed E-state index contributed by atoms with van der Waals surface area (Å²) in [5, 5.41) is 1.95. The second-order valence-corrected chi connectivity index (χ2v) is 6.65. The first-order valence-electron chi connectivity index (χ1n) is 7.81. The van der Waals surface area contributed by atoms with Gasteiger partial charge in [-0.3, -0.25) is 4.79 Å². The fraction of sp³-hybridized carbons (Fsp3) is 0.421. The molecule has 0 aromatic heterocycles. The normalized spacial score (nSPS) is 15.1. The van der Waals surface area contributed by atoms with Crippen LogP contribution in [0.15, 0.2) is 42.5 Å². The average Bonchev–Trinajstić information content (AvgIpc) is 2.51. The van der Waals surface area contributed by atoms with Gasteiger partial charge in [0.2, 0.25) is 0 Å². The molecule has 130 valence electrons. The Morgan fingerprint density at radius 1 is 1.00 bits per heavy atom. The van der Waals surface area contributed by atoms with E-state index in [1.165, 1.54) is 6.92 Å². The minimum absolute atomic E-state index is 0.372. The van der Waals surface area contributed by atoms with Crippen molar-refractivity contribution in [2.75, 3.05) is 0 Å². The zero-order chi connectivity index (χ0) is 18.2. The number of halogens is 3. The van der Waals surface area contributed by atoms with Crippen molar-refractivity contribution in [2.45, 2.75) is 45.9 Å². The average molecular weight is 338 g/mol. The van der Waals surface area contributed by atoms with Gasteiger partial charge in [0.1, 0.15) is 5.60 Å². The fourth-order valence-electron chi connectivity index (χ4n) is 2.43. The summed E-state index contributed by atoms with van der Waals surface area (Å²) < 4.78 is 45.0. The third-order valence-corrected chi connectivity index (χ3v) is 4.58. The number of fused-ring (bicyclic) bond motifs is 1. The van der Waals surface area contributed by atoms with Crippen LogP contribution in [0.4, 0.5) is 13.2 Å². The quantitative estimate of drug-likeness (QED) is 0.679. The van der Waals surface area contributed by atoms with Crippen molar-refractivity contribution in [1.82, 2.24) is 0 Å². The van der Waals surface area contributed by atoms with E-state index in [4.69, 9.17) is 4.74 Å². The number of carbonyl (C=O) groups excluding carboxylic acids is 1. The molecule has 1 atom stereocenters. The molecule has 0 heterocycles. The van der Waals surface area contributed by atoms with Crippen LogP contribution in [0.25, 0.3) is 10.8 Å². The summed E-state index contributed by atoms with van der Waals surface area (Å²) in [7, 11) is 0. The number of hydrogen-bond donors (Lipinski definition) is 0. The largest absolute Gasteiger partial charge is 0.454 e. The molecule has 0 fully saturated rings. The van der Waals surface area contributed by atoms with Crippen LogP contribution in [0.3, 0.4) is 0 Å². The Kier molecular flexibility index (Phi) is 4.66. The Bertz CT molecular complexity index is 750. The molecule has 1 unspecified atom stereocenters. The number of carbonyl (C=O) groups is 1. The zero-order valence-electron chi connectivity index (χ0n) is 14.2. The van der Waals surface area contributed by atoms with E-state index in [9.17, 15) is 18.0 Å². The number of hydrogen-bond acceptors (Lipinski definition) is 2. The van der Waals surface area contributed by atoms with Crippen LogP contribution in [0.2, 0.25) is 0 Å². The van der Waals surface area contributed by atoms with E-state index in [2.05, 4.69) is 0 Å². The third-order valence-electron chi connectivity index (χ3n) is 4.58. The molecule has 0 saturated carbocycles. The van der Waals surface area contributed by atoms with Gasteiger partial charge in [-0.25, -0.2) is 0 Å². The van der Waals surface area contributed by atoms with Gasteiger partial charge in [-0.15, -0.1) is 0 Å². The molecule has 0 N–H and O–H groups in total. The van der Waals surface area contributed by atoms with Crippen LogP contribution in [-0.4, -0.2) is 12.1 Å². The minimum Gasteiger partial charge on any atom is -0.454 e. The van der Waals surface area contributed by atoms with E-state index in [0.29, 0.717) is 5.56 Å². The van der Waals surface area contributed by atoms with Crippen molar-refractivity contribution < 1.29 is 22.7 Å². The number of ether oxygens (including phenoxy) is 1. The second kappa shape index (κ2) is 6.11. The Balaban J connectivity index is 2.33. The molecular formula is C19H21F3O2. The highest BCUT2D eigenvalue weighted by atomic mass is 19.4. The van der Waals surface area contributed by atoms with Gasteiger partial charge >= 0.3 is 12.1 Å². The van der Waals surface area contributed by atoms with Crippen molar-refractivity contribution in [2.24, 2.45) is 5.41 Å². The maximum atomic E-state index is 13.2. The molecule has 0 saturated heterocycles. The van der Waals surface area contributed by atoms with E-state index >= 15 is 0 Å². The van der Waals surface area contributed by atoms with Crippen LogP contribution in [-0.2, 0) is 15.1 Å². The van der Waals surface area contributed by atoms with E-state index in [1.54, 1.807) is 19.9 Å². The maximum absolute atomic E-state index is 13.2. The molecular weight excluding hydrogens is 317 g/mol. The number of benzene rings is 2. The molecule has 5 heteroatoms. The monoisotopic (exact) mass is 338 g/mol. The molecule has 0 aliphatic carbocycles. The predicted octanol–water partition coefficient (Wildman–Crippen LogP) is 5.60. The van der Waals surface area contributed by atoms with Crippen LogP contribution >= 0.6 is 0 Å². The second-order valence-electron chi connectivity index (χ2n) is 6.65. The Hall–Kier alpha value is -2.04. The van der Waals surface area contributed by atoms with Crippen molar-refractivity contribution in [1.29, 1.82) is 0 Å². The van der Waals surface area contributed by atoms with E-state index in [-0.39, 0.29) is 6.42 Å². The van der Waals surface area contributed by atoms with Gasteiger partial charge in [0, 0.05) is 0 Å². The summed E-state index contributed by atoms with van der Waals surface area (Å²) in [6.45, 7) is 5.41. The lowest BCUT2D eigenvalue weighted by molar-refractivity contribution is -0.237. The molecule has 0 bridgehead atoms. The van der Waals surface area contributed by atoms with Gasteiger partial charge in [-0.2, -0.15) is 13.2 Å². The molecule has 2 aromatic rings. The number of alkyl halides is 3. The molecule has 2 aromatic carbocycles. The van der Waals surface area contributed by atoms with Gasteiger partial charge in [0.05, 0.1) is 0 Å². The third kappa shape index (κ3) is 3.25. The van der Waals surface area contributed by atoms with Crippen molar-refractivity contribution >= 4 is 16.7 Å². The minimum atomic E-state index is -4.65. The lowest BCUT2D eigenvalue weighted by Gasteiger charge is -2.34. The summed E-state index contributed by atoms with van der Waals surface area (Å²) in [5.41, 5.74) is -3.03. The SMILES string of the molecule is CCC(C)(C(=O)OC(C)(C)c1ccc2ccccc2c1)C(F)(F)F. The fourth-order valence-corrected chi connectivity index (χ4v) is 2.43. The van der Waals surface area contributed by atoms with Crippen LogP contribution < -0.4 is 0 Å². The molecule has 0 amide bonds. The van der Waals surface area contributed by atoms with Crippen molar-refractivity contribution in [3.05, 3.63) is 48.0 Å². The lowest BCUT2D eigenvalue weighted by Crippen LogP contribution is -2.45. The maximum Gasteiger partial charge on any atom is 0.404 e.